The molecule has 1 aliphatic rings. The molecule has 0 radical (unpaired) electrons. The molecule has 0 fully saturated rings. The second-order valence-corrected chi connectivity index (χ2v) is 18.3. The van der Waals surface area contributed by atoms with Crippen molar-refractivity contribution in [3.05, 3.63) is 180 Å². The molecule has 9 rings (SSSR count). The van der Waals surface area contributed by atoms with Gasteiger partial charge in [-0.3, -0.25) is 0 Å². The molecule has 0 heterocycles. The Kier molecular flexibility index (Phi) is 12.8. The second kappa shape index (κ2) is 19.1. The minimum absolute atomic E-state index is 0.0356. The van der Waals surface area contributed by atoms with E-state index >= 15 is 0 Å². The van der Waals surface area contributed by atoms with Crippen molar-refractivity contribution >= 4 is 21.5 Å². The predicted molar refractivity (Wildman–Crippen MR) is 270 cm³/mol. The Morgan fingerprint density at radius 3 is 1.52 bits per heavy atom. The van der Waals surface area contributed by atoms with Crippen molar-refractivity contribution < 1.29 is 0 Å². The van der Waals surface area contributed by atoms with Gasteiger partial charge in [-0.05, 0) is 114 Å². The van der Waals surface area contributed by atoms with E-state index in [0.717, 1.165) is 0 Å². The molecule has 312 valence electrons. The summed E-state index contributed by atoms with van der Waals surface area (Å²) in [5.74, 6) is 0. The maximum atomic E-state index is 2.66. The van der Waals surface area contributed by atoms with Crippen molar-refractivity contribution in [2.75, 3.05) is 0 Å². The van der Waals surface area contributed by atoms with Crippen LogP contribution < -0.4 is 0 Å². The van der Waals surface area contributed by atoms with Crippen LogP contribution in [0, 0.1) is 6.92 Å². The molecular weight excluding hydrogens is 745 g/mol. The Hall–Kier alpha value is -5.72. The molecule has 0 N–H and O–H groups in total. The molecule has 0 aliphatic heterocycles. The molecule has 0 spiro atoms. The van der Waals surface area contributed by atoms with E-state index in [2.05, 4.69) is 185 Å². The van der Waals surface area contributed by atoms with Crippen LogP contribution in [0.5, 0.6) is 0 Å². The summed E-state index contributed by atoms with van der Waals surface area (Å²) in [4.78, 5) is 0. The summed E-state index contributed by atoms with van der Waals surface area (Å²) in [5.41, 5.74) is 17.7. The number of hydrogen-bond acceptors (Lipinski definition) is 0. The van der Waals surface area contributed by atoms with E-state index in [9.17, 15) is 0 Å². The van der Waals surface area contributed by atoms with Gasteiger partial charge in [-0.25, -0.2) is 0 Å². The minimum Gasteiger partial charge on any atom is -0.0654 e. The van der Waals surface area contributed by atoms with E-state index < -0.39 is 0 Å². The monoisotopic (exact) mass is 809 g/mol. The molecule has 0 saturated heterocycles. The molecule has 0 unspecified atom stereocenters. The summed E-state index contributed by atoms with van der Waals surface area (Å²) >= 11 is 0. The molecule has 0 heteroatoms. The highest BCUT2D eigenvalue weighted by molar-refractivity contribution is 6.22. The topological polar surface area (TPSA) is 0 Å². The third-order valence-corrected chi connectivity index (χ3v) is 14.1. The van der Waals surface area contributed by atoms with E-state index in [0.29, 0.717) is 0 Å². The molecular formula is C62H64. The fraction of sp³-hybridized carbons (Fsp3) is 0.290. The summed E-state index contributed by atoms with van der Waals surface area (Å²) in [6.07, 6.45) is 18.4. The molecule has 8 aromatic carbocycles. The Morgan fingerprint density at radius 2 is 0.823 bits per heavy atom. The molecule has 0 atom stereocenters. The fourth-order valence-corrected chi connectivity index (χ4v) is 11.0. The van der Waals surface area contributed by atoms with E-state index in [1.54, 1.807) is 11.1 Å². The highest BCUT2D eigenvalue weighted by Crippen LogP contribution is 2.56. The number of fused-ring (bicyclic) bond motifs is 5. The maximum Gasteiger partial charge on any atom is 0.0215 e. The van der Waals surface area contributed by atoms with Crippen molar-refractivity contribution in [1.29, 1.82) is 0 Å². The summed E-state index contributed by atoms with van der Waals surface area (Å²) in [6, 6.07) is 62.4. The van der Waals surface area contributed by atoms with Crippen molar-refractivity contribution in [3.63, 3.8) is 0 Å². The van der Waals surface area contributed by atoms with Gasteiger partial charge in [0.05, 0.1) is 0 Å². The number of aryl methyl sites for hydroxylation is 1. The molecule has 0 amide bonds. The van der Waals surface area contributed by atoms with Crippen LogP contribution in [0.15, 0.2) is 164 Å². The van der Waals surface area contributed by atoms with Crippen LogP contribution in [0.3, 0.4) is 0 Å². The Morgan fingerprint density at radius 1 is 0.323 bits per heavy atom. The Labute approximate surface area is 372 Å². The van der Waals surface area contributed by atoms with Gasteiger partial charge in [-0.2, -0.15) is 0 Å². The molecule has 0 aromatic heterocycles. The lowest BCUT2D eigenvalue weighted by atomic mass is 9.70. The van der Waals surface area contributed by atoms with Crippen LogP contribution in [0.4, 0.5) is 0 Å². The van der Waals surface area contributed by atoms with Gasteiger partial charge >= 0.3 is 0 Å². The highest BCUT2D eigenvalue weighted by Gasteiger charge is 2.42. The van der Waals surface area contributed by atoms with Gasteiger partial charge in [0.15, 0.2) is 0 Å². The zero-order valence-corrected chi connectivity index (χ0v) is 37.5. The molecule has 0 bridgehead atoms. The SMILES string of the molecule is CCCCCCCCC1(CCCCCCCC)c2ccccc2-c2ccc(-c3c4ccccc4c(-c4ccccc4-c4ccc(-c5ccccc5)cc4)c4ccc(C)cc34)cc21. The van der Waals surface area contributed by atoms with E-state index in [-0.39, 0.29) is 5.41 Å². The zero-order chi connectivity index (χ0) is 42.3. The van der Waals surface area contributed by atoms with Gasteiger partial charge in [-0.1, -0.05) is 254 Å². The number of rotatable bonds is 18. The number of hydrogen-bond donors (Lipinski definition) is 0. The van der Waals surface area contributed by atoms with Crippen LogP contribution in [-0.2, 0) is 5.41 Å². The minimum atomic E-state index is 0.0356. The summed E-state index contributed by atoms with van der Waals surface area (Å²) in [6.45, 7) is 6.91. The first-order chi connectivity index (χ1) is 30.6. The first-order valence-electron chi connectivity index (χ1n) is 24.1. The summed E-state index contributed by atoms with van der Waals surface area (Å²) in [5, 5.41) is 5.27. The van der Waals surface area contributed by atoms with Crippen molar-refractivity contribution in [3.8, 4) is 55.6 Å². The van der Waals surface area contributed by atoms with Crippen LogP contribution in [0.2, 0.25) is 0 Å². The third kappa shape index (κ3) is 8.18. The van der Waals surface area contributed by atoms with Gasteiger partial charge in [0, 0.05) is 5.41 Å². The first-order valence-corrected chi connectivity index (χ1v) is 24.1. The number of benzene rings is 8. The lowest BCUT2D eigenvalue weighted by Crippen LogP contribution is -2.25. The quantitative estimate of drug-likeness (QED) is 0.0598. The standard InChI is InChI=1S/C62H64/c1-4-6-8-10-12-23-41-62(42-24-13-11-9-7-5-2)58-32-22-21-28-51(58)52-40-38-49(44-59(52)62)60-54-30-19-20-31-55(54)61(56-39-33-45(3)43-57(56)60)53-29-18-17-27-50(53)48-36-34-47(35-37-48)46-25-15-14-16-26-46/h14-22,25-40,43-44H,4-13,23-24,41-42H2,1-3H3. The van der Waals surface area contributed by atoms with Crippen LogP contribution in [-0.4, -0.2) is 0 Å². The van der Waals surface area contributed by atoms with E-state index in [4.69, 9.17) is 0 Å². The van der Waals surface area contributed by atoms with E-state index in [1.807, 2.05) is 0 Å². The summed E-state index contributed by atoms with van der Waals surface area (Å²) in [7, 11) is 0. The average Bonchev–Trinajstić information content (AvgIpc) is 3.59. The molecule has 0 nitrogen and oxygen atoms in total. The average molecular weight is 809 g/mol. The Bertz CT molecular complexity index is 2750. The van der Waals surface area contributed by atoms with E-state index in [1.165, 1.54) is 173 Å². The zero-order valence-electron chi connectivity index (χ0n) is 37.5. The lowest BCUT2D eigenvalue weighted by molar-refractivity contribution is 0.398. The van der Waals surface area contributed by atoms with Crippen molar-refractivity contribution in [2.45, 2.75) is 116 Å². The first kappa shape index (κ1) is 41.6. The Balaban J connectivity index is 1.19. The molecule has 62 heavy (non-hydrogen) atoms. The smallest absolute Gasteiger partial charge is 0.0215 e. The van der Waals surface area contributed by atoms with Gasteiger partial charge in [0.2, 0.25) is 0 Å². The lowest BCUT2D eigenvalue weighted by Gasteiger charge is -2.33. The van der Waals surface area contributed by atoms with Crippen LogP contribution in [0.1, 0.15) is 120 Å². The van der Waals surface area contributed by atoms with Gasteiger partial charge in [0.25, 0.3) is 0 Å². The second-order valence-electron chi connectivity index (χ2n) is 18.3. The van der Waals surface area contributed by atoms with Gasteiger partial charge < -0.3 is 0 Å². The van der Waals surface area contributed by atoms with Crippen LogP contribution >= 0.6 is 0 Å². The fourth-order valence-electron chi connectivity index (χ4n) is 11.0. The van der Waals surface area contributed by atoms with Gasteiger partial charge in [0.1, 0.15) is 0 Å². The third-order valence-electron chi connectivity index (χ3n) is 14.1. The predicted octanol–water partition coefficient (Wildman–Crippen LogP) is 18.7. The molecule has 8 aromatic rings. The highest BCUT2D eigenvalue weighted by atomic mass is 14.4. The molecule has 0 saturated carbocycles. The van der Waals surface area contributed by atoms with Crippen molar-refractivity contribution in [1.82, 2.24) is 0 Å². The maximum absolute atomic E-state index is 2.66. The molecule has 1 aliphatic carbocycles. The largest absolute Gasteiger partial charge is 0.0654 e. The van der Waals surface area contributed by atoms with Crippen molar-refractivity contribution in [2.24, 2.45) is 0 Å². The normalized spacial score (nSPS) is 12.8. The van der Waals surface area contributed by atoms with Gasteiger partial charge in [-0.15, -0.1) is 0 Å². The van der Waals surface area contributed by atoms with Crippen LogP contribution in [0.25, 0.3) is 77.2 Å². The summed E-state index contributed by atoms with van der Waals surface area (Å²) < 4.78 is 0. The number of unbranched alkanes of at least 4 members (excludes halogenated alkanes) is 10.